The number of benzene rings is 1. The van der Waals surface area contributed by atoms with Gasteiger partial charge in [-0.3, -0.25) is 4.79 Å². The quantitative estimate of drug-likeness (QED) is 0.595. The van der Waals surface area contributed by atoms with Crippen LogP contribution in [0.1, 0.15) is 63.7 Å². The zero-order chi connectivity index (χ0) is 19.6. The second-order valence-corrected chi connectivity index (χ2v) is 6.27. The molecule has 0 saturated heterocycles. The molecule has 1 aromatic rings. The fourth-order valence-electron chi connectivity index (χ4n) is 2.51. The number of ether oxygens (including phenoxy) is 3. The maximum Gasteiger partial charge on any atom is 0.341 e. The van der Waals surface area contributed by atoms with Crippen molar-refractivity contribution in [2.45, 2.75) is 59.0 Å². The number of amides is 1. The van der Waals surface area contributed by atoms with E-state index in [1.54, 1.807) is 18.2 Å². The lowest BCUT2D eigenvalue weighted by molar-refractivity contribution is -0.140. The van der Waals surface area contributed by atoms with E-state index in [9.17, 15) is 9.59 Å². The van der Waals surface area contributed by atoms with Crippen molar-refractivity contribution in [3.8, 4) is 5.75 Å². The molecule has 1 atom stereocenters. The maximum absolute atomic E-state index is 12.8. The third kappa shape index (κ3) is 6.02. The van der Waals surface area contributed by atoms with Gasteiger partial charge in [0.15, 0.2) is 0 Å². The van der Waals surface area contributed by atoms with E-state index >= 15 is 0 Å². The van der Waals surface area contributed by atoms with Gasteiger partial charge in [-0.25, -0.2) is 4.79 Å². The summed E-state index contributed by atoms with van der Waals surface area (Å²) < 4.78 is 16.1. The van der Waals surface area contributed by atoms with Crippen LogP contribution in [0.15, 0.2) is 18.2 Å². The molecule has 0 radical (unpaired) electrons. The summed E-state index contributed by atoms with van der Waals surface area (Å²) in [7, 11) is 1.31. The molecule has 1 amide bonds. The van der Waals surface area contributed by atoms with Crippen LogP contribution in [0.3, 0.4) is 0 Å². The van der Waals surface area contributed by atoms with Gasteiger partial charge >= 0.3 is 5.97 Å². The topological polar surface area (TPSA) is 73.9 Å². The Morgan fingerprint density at radius 2 is 1.88 bits per heavy atom. The van der Waals surface area contributed by atoms with Crippen molar-refractivity contribution in [1.29, 1.82) is 0 Å². The number of hydrogen-bond donors (Lipinski definition) is 1. The molecule has 0 bridgehead atoms. The van der Waals surface area contributed by atoms with E-state index in [1.165, 1.54) is 7.11 Å². The Morgan fingerprint density at radius 3 is 2.46 bits per heavy atom. The molecule has 0 heterocycles. The molecule has 1 rings (SSSR count). The molecule has 26 heavy (non-hydrogen) atoms. The average Bonchev–Trinajstić information content (AvgIpc) is 2.65. The molecule has 1 N–H and O–H groups in total. The normalized spacial score (nSPS) is 13.0. The average molecular weight is 365 g/mol. The summed E-state index contributed by atoms with van der Waals surface area (Å²) in [5.74, 6) is -0.312. The Morgan fingerprint density at radius 1 is 1.15 bits per heavy atom. The molecule has 0 saturated carbocycles. The molecule has 0 aliphatic heterocycles. The predicted molar refractivity (Wildman–Crippen MR) is 102 cm³/mol. The Balaban J connectivity index is 3.03. The number of esters is 1. The highest BCUT2D eigenvalue weighted by Crippen LogP contribution is 2.26. The minimum Gasteiger partial charge on any atom is -0.493 e. The molecule has 0 aliphatic carbocycles. The first-order chi connectivity index (χ1) is 12.4. The minimum absolute atomic E-state index is 0.223. The van der Waals surface area contributed by atoms with Crippen molar-refractivity contribution >= 4 is 17.6 Å². The molecule has 146 valence electrons. The highest BCUT2D eigenvalue weighted by atomic mass is 16.5. The summed E-state index contributed by atoms with van der Waals surface area (Å²) >= 11 is 0. The number of methoxy groups -OCH3 is 1. The van der Waals surface area contributed by atoms with E-state index < -0.39 is 11.6 Å². The third-order valence-electron chi connectivity index (χ3n) is 4.06. The van der Waals surface area contributed by atoms with Gasteiger partial charge in [0.05, 0.1) is 13.7 Å². The van der Waals surface area contributed by atoms with Crippen molar-refractivity contribution in [1.82, 2.24) is 0 Å². The van der Waals surface area contributed by atoms with E-state index in [-0.39, 0.29) is 11.5 Å². The van der Waals surface area contributed by atoms with Crippen LogP contribution in [-0.2, 0) is 14.3 Å². The number of carbonyl (C=O) groups excluding carboxylic acids is 2. The molecule has 0 fully saturated rings. The smallest absolute Gasteiger partial charge is 0.341 e. The van der Waals surface area contributed by atoms with Crippen molar-refractivity contribution in [3.05, 3.63) is 23.8 Å². The summed E-state index contributed by atoms with van der Waals surface area (Å²) in [5, 5.41) is 2.86. The SMILES string of the molecule is CCCCC(C)(OCCC)C(=O)Nc1ccc(OCC)c(C(=O)OC)c1. The molecule has 0 aromatic heterocycles. The van der Waals surface area contributed by atoms with Crippen LogP contribution in [0, 0.1) is 0 Å². The minimum atomic E-state index is -0.907. The van der Waals surface area contributed by atoms with Crippen LogP contribution < -0.4 is 10.1 Å². The van der Waals surface area contributed by atoms with Gasteiger partial charge in [0.2, 0.25) is 0 Å². The van der Waals surface area contributed by atoms with Crippen molar-refractivity contribution < 1.29 is 23.8 Å². The molecule has 6 nitrogen and oxygen atoms in total. The Hall–Kier alpha value is -2.08. The van der Waals surface area contributed by atoms with Crippen LogP contribution in [-0.4, -0.2) is 37.8 Å². The van der Waals surface area contributed by atoms with Gasteiger partial charge in [-0.15, -0.1) is 0 Å². The van der Waals surface area contributed by atoms with Crippen LogP contribution in [0.25, 0.3) is 0 Å². The molecule has 0 aliphatic rings. The molecule has 1 aromatic carbocycles. The summed E-state index contributed by atoms with van der Waals surface area (Å²) in [6.07, 6.45) is 3.35. The van der Waals surface area contributed by atoms with Crippen molar-refractivity contribution in [3.63, 3.8) is 0 Å². The zero-order valence-corrected chi connectivity index (χ0v) is 16.5. The van der Waals surface area contributed by atoms with Crippen LogP contribution >= 0.6 is 0 Å². The highest BCUT2D eigenvalue weighted by molar-refractivity contribution is 5.99. The van der Waals surface area contributed by atoms with Crippen molar-refractivity contribution in [2.75, 3.05) is 25.6 Å². The number of rotatable bonds is 11. The van der Waals surface area contributed by atoms with E-state index in [1.807, 2.05) is 20.8 Å². The first kappa shape index (κ1) is 22.0. The second kappa shape index (κ2) is 10.8. The number of hydrogen-bond acceptors (Lipinski definition) is 5. The second-order valence-electron chi connectivity index (χ2n) is 6.27. The third-order valence-corrected chi connectivity index (χ3v) is 4.06. The van der Waals surface area contributed by atoms with E-state index in [4.69, 9.17) is 14.2 Å². The van der Waals surface area contributed by atoms with Gasteiger partial charge in [0.25, 0.3) is 5.91 Å². The van der Waals surface area contributed by atoms with E-state index in [2.05, 4.69) is 12.2 Å². The number of nitrogens with one attached hydrogen (secondary N) is 1. The number of carbonyl (C=O) groups is 2. The summed E-state index contributed by atoms with van der Waals surface area (Å²) in [4.78, 5) is 24.8. The molecule has 0 spiro atoms. The van der Waals surface area contributed by atoms with Gasteiger partial charge in [0, 0.05) is 12.3 Å². The summed E-state index contributed by atoms with van der Waals surface area (Å²) in [6.45, 7) is 8.67. The Bertz CT molecular complexity index is 592. The lowest BCUT2D eigenvalue weighted by Gasteiger charge is -2.28. The van der Waals surface area contributed by atoms with Gasteiger partial charge in [-0.05, 0) is 44.9 Å². The largest absolute Gasteiger partial charge is 0.493 e. The predicted octanol–water partition coefficient (Wildman–Crippen LogP) is 4.19. The maximum atomic E-state index is 12.8. The van der Waals surface area contributed by atoms with E-state index in [0.29, 0.717) is 31.1 Å². The van der Waals surface area contributed by atoms with Gasteiger partial charge in [0.1, 0.15) is 16.9 Å². The first-order valence-corrected chi connectivity index (χ1v) is 9.22. The lowest BCUT2D eigenvalue weighted by Crippen LogP contribution is -2.43. The zero-order valence-electron chi connectivity index (χ0n) is 16.5. The Labute approximate surface area is 156 Å². The summed E-state index contributed by atoms with van der Waals surface area (Å²) in [5.41, 5.74) is -0.130. The van der Waals surface area contributed by atoms with Crippen LogP contribution in [0.5, 0.6) is 5.75 Å². The lowest BCUT2D eigenvalue weighted by atomic mass is 9.97. The number of anilines is 1. The molecular weight excluding hydrogens is 334 g/mol. The highest BCUT2D eigenvalue weighted by Gasteiger charge is 2.33. The fraction of sp³-hybridized carbons (Fsp3) is 0.600. The van der Waals surface area contributed by atoms with Gasteiger partial charge in [-0.1, -0.05) is 26.7 Å². The van der Waals surface area contributed by atoms with Crippen molar-refractivity contribution in [2.24, 2.45) is 0 Å². The van der Waals surface area contributed by atoms with Gasteiger partial charge in [-0.2, -0.15) is 0 Å². The molecular formula is C20H31NO5. The Kier molecular flexibility index (Phi) is 9.13. The number of unbranched alkanes of at least 4 members (excludes halogenated alkanes) is 1. The fourth-order valence-corrected chi connectivity index (χ4v) is 2.51. The summed E-state index contributed by atoms with van der Waals surface area (Å²) in [6, 6.07) is 4.92. The van der Waals surface area contributed by atoms with Crippen LogP contribution in [0.4, 0.5) is 5.69 Å². The van der Waals surface area contributed by atoms with Gasteiger partial charge < -0.3 is 19.5 Å². The molecule has 1 unspecified atom stereocenters. The van der Waals surface area contributed by atoms with Crippen LogP contribution in [0.2, 0.25) is 0 Å². The van der Waals surface area contributed by atoms with E-state index in [0.717, 1.165) is 19.3 Å². The monoisotopic (exact) mass is 365 g/mol. The standard InChI is InChI=1S/C20H31NO5/c1-6-9-12-20(4,26-13-7-2)19(23)21-15-10-11-17(25-8-3)16(14-15)18(22)24-5/h10-11,14H,6-9,12-13H2,1-5H3,(H,21,23). The molecule has 6 heteroatoms. The first-order valence-electron chi connectivity index (χ1n) is 9.22.